The lowest BCUT2D eigenvalue weighted by Crippen LogP contribution is -2.31. The summed E-state index contributed by atoms with van der Waals surface area (Å²) in [5.74, 6) is -0.190. The summed E-state index contributed by atoms with van der Waals surface area (Å²) in [5.41, 5.74) is 1.97. The normalized spacial score (nSPS) is 14.2. The lowest BCUT2D eigenvalue weighted by molar-refractivity contribution is -0.133. The van der Waals surface area contributed by atoms with Crippen molar-refractivity contribution >= 4 is 17.5 Å². The van der Waals surface area contributed by atoms with Crippen molar-refractivity contribution in [1.29, 1.82) is 0 Å². The predicted molar refractivity (Wildman–Crippen MR) is 81.8 cm³/mol. The maximum absolute atomic E-state index is 12.1. The van der Waals surface area contributed by atoms with Crippen molar-refractivity contribution in [2.24, 2.45) is 5.10 Å². The van der Waals surface area contributed by atoms with Gasteiger partial charge in [-0.1, -0.05) is 30.3 Å². The summed E-state index contributed by atoms with van der Waals surface area (Å²) in [6, 6.07) is 9.94. The third-order valence-electron chi connectivity index (χ3n) is 3.21. The summed E-state index contributed by atoms with van der Waals surface area (Å²) >= 11 is 0. The van der Waals surface area contributed by atoms with Gasteiger partial charge in [0.05, 0.1) is 12.3 Å². The third-order valence-corrected chi connectivity index (χ3v) is 3.21. The maximum atomic E-state index is 12.1. The lowest BCUT2D eigenvalue weighted by Gasteiger charge is -2.12. The highest BCUT2D eigenvalue weighted by molar-refractivity contribution is 6.02. The van der Waals surface area contributed by atoms with Crippen LogP contribution in [0.3, 0.4) is 0 Å². The highest BCUT2D eigenvalue weighted by atomic mass is 16.2. The first kappa shape index (κ1) is 15.2. The van der Waals surface area contributed by atoms with Crippen molar-refractivity contribution < 1.29 is 9.59 Å². The molecule has 1 aromatic carbocycles. The molecule has 0 spiro atoms. The van der Waals surface area contributed by atoms with E-state index < -0.39 is 0 Å². The smallest absolute Gasteiger partial charge is 0.243 e. The van der Waals surface area contributed by atoms with Crippen LogP contribution in [0.5, 0.6) is 0 Å². The van der Waals surface area contributed by atoms with Crippen LogP contribution in [0.25, 0.3) is 0 Å². The molecule has 21 heavy (non-hydrogen) atoms. The van der Waals surface area contributed by atoms with Gasteiger partial charge in [0.1, 0.15) is 0 Å². The summed E-state index contributed by atoms with van der Waals surface area (Å²) in [7, 11) is 0. The first-order chi connectivity index (χ1) is 10.1. The van der Waals surface area contributed by atoms with E-state index in [0.717, 1.165) is 17.7 Å². The molecule has 0 saturated carbocycles. The van der Waals surface area contributed by atoms with Crippen molar-refractivity contribution in [2.45, 2.75) is 39.2 Å². The molecule has 2 rings (SSSR count). The van der Waals surface area contributed by atoms with Gasteiger partial charge in [-0.2, -0.15) is 5.10 Å². The fourth-order valence-electron chi connectivity index (χ4n) is 2.21. The Hall–Kier alpha value is -2.17. The summed E-state index contributed by atoms with van der Waals surface area (Å²) < 4.78 is 0. The Morgan fingerprint density at radius 2 is 1.95 bits per heavy atom. The molecule has 0 unspecified atom stereocenters. The van der Waals surface area contributed by atoms with E-state index in [-0.39, 0.29) is 30.7 Å². The minimum Gasteiger partial charge on any atom is -0.354 e. The molecule has 1 aliphatic rings. The number of hydrogen-bond acceptors (Lipinski definition) is 3. The average molecular weight is 287 g/mol. The van der Waals surface area contributed by atoms with E-state index >= 15 is 0 Å². The van der Waals surface area contributed by atoms with Crippen molar-refractivity contribution in [2.75, 3.05) is 6.54 Å². The third kappa shape index (κ3) is 4.41. The Morgan fingerprint density at radius 3 is 2.62 bits per heavy atom. The van der Waals surface area contributed by atoms with E-state index in [4.69, 9.17) is 0 Å². The molecule has 5 nitrogen and oxygen atoms in total. The minimum absolute atomic E-state index is 0.0928. The highest BCUT2D eigenvalue weighted by Gasteiger charge is 2.21. The standard InChI is InChI=1S/C16H21N3O2/c1-12(2)17-15(20)8-9-16(21)19-11-10-14(18-19)13-6-4-3-5-7-13/h3-7,12H,8-11H2,1-2H3,(H,17,20). The van der Waals surface area contributed by atoms with Gasteiger partial charge in [0.15, 0.2) is 0 Å². The topological polar surface area (TPSA) is 61.8 Å². The lowest BCUT2D eigenvalue weighted by atomic mass is 10.1. The second-order valence-electron chi connectivity index (χ2n) is 5.40. The number of amides is 2. The summed E-state index contributed by atoms with van der Waals surface area (Å²) in [4.78, 5) is 23.6. The van der Waals surface area contributed by atoms with Crippen LogP contribution < -0.4 is 5.32 Å². The van der Waals surface area contributed by atoms with Crippen LogP contribution in [0.1, 0.15) is 38.7 Å². The van der Waals surface area contributed by atoms with E-state index in [1.807, 2.05) is 44.2 Å². The molecule has 0 radical (unpaired) electrons. The Bertz CT molecular complexity index is 538. The molecule has 1 aromatic rings. The molecule has 0 saturated heterocycles. The van der Waals surface area contributed by atoms with E-state index in [0.29, 0.717) is 6.54 Å². The summed E-state index contributed by atoms with van der Waals surface area (Å²) in [6.45, 7) is 4.39. The van der Waals surface area contributed by atoms with Gasteiger partial charge in [-0.3, -0.25) is 9.59 Å². The molecule has 112 valence electrons. The van der Waals surface area contributed by atoms with Gasteiger partial charge in [-0.25, -0.2) is 5.01 Å². The number of carbonyl (C=O) groups excluding carboxylic acids is 2. The fourth-order valence-corrected chi connectivity index (χ4v) is 2.21. The van der Waals surface area contributed by atoms with Gasteiger partial charge in [0, 0.05) is 25.3 Å². The van der Waals surface area contributed by atoms with Gasteiger partial charge in [-0.05, 0) is 19.4 Å². The van der Waals surface area contributed by atoms with Crippen LogP contribution >= 0.6 is 0 Å². The van der Waals surface area contributed by atoms with Crippen molar-refractivity contribution in [3.63, 3.8) is 0 Å². The van der Waals surface area contributed by atoms with Crippen molar-refractivity contribution in [3.8, 4) is 0 Å². The molecule has 1 aliphatic heterocycles. The van der Waals surface area contributed by atoms with Gasteiger partial charge >= 0.3 is 0 Å². The van der Waals surface area contributed by atoms with Crippen LogP contribution in [-0.2, 0) is 9.59 Å². The monoisotopic (exact) mass is 287 g/mol. The molecule has 1 N–H and O–H groups in total. The van der Waals surface area contributed by atoms with Crippen LogP contribution in [0.4, 0.5) is 0 Å². The first-order valence-electron chi connectivity index (χ1n) is 7.29. The molecular weight excluding hydrogens is 266 g/mol. The Balaban J connectivity index is 1.87. The molecule has 0 aromatic heterocycles. The second-order valence-corrected chi connectivity index (χ2v) is 5.40. The predicted octanol–water partition coefficient (Wildman–Crippen LogP) is 1.93. The molecule has 0 fully saturated rings. The number of nitrogens with one attached hydrogen (secondary N) is 1. The molecule has 1 heterocycles. The number of nitrogens with zero attached hydrogens (tertiary/aromatic N) is 2. The number of hydrazone groups is 1. The van der Waals surface area contributed by atoms with E-state index in [2.05, 4.69) is 10.4 Å². The molecule has 0 aliphatic carbocycles. The molecular formula is C16H21N3O2. The number of hydrogen-bond donors (Lipinski definition) is 1. The first-order valence-corrected chi connectivity index (χ1v) is 7.29. The molecule has 0 atom stereocenters. The SMILES string of the molecule is CC(C)NC(=O)CCC(=O)N1CCC(c2ccccc2)=N1. The summed E-state index contributed by atoms with van der Waals surface area (Å²) in [6.07, 6.45) is 1.17. The van der Waals surface area contributed by atoms with E-state index in [1.165, 1.54) is 5.01 Å². The number of rotatable bonds is 5. The second kappa shape index (κ2) is 7.02. The van der Waals surface area contributed by atoms with Crippen LogP contribution in [-0.4, -0.2) is 35.1 Å². The van der Waals surface area contributed by atoms with Gasteiger partial charge < -0.3 is 5.32 Å². The average Bonchev–Trinajstić information content (AvgIpc) is 2.95. The zero-order valence-electron chi connectivity index (χ0n) is 12.5. The molecule has 5 heteroatoms. The fraction of sp³-hybridized carbons (Fsp3) is 0.438. The highest BCUT2D eigenvalue weighted by Crippen LogP contribution is 2.14. The molecule has 0 bridgehead atoms. The summed E-state index contributed by atoms with van der Waals surface area (Å²) in [5, 5.41) is 8.62. The minimum atomic E-state index is -0.0974. The number of carbonyl (C=O) groups is 2. The van der Waals surface area contributed by atoms with Crippen LogP contribution in [0, 0.1) is 0 Å². The van der Waals surface area contributed by atoms with Gasteiger partial charge in [0.2, 0.25) is 11.8 Å². The Kier molecular flexibility index (Phi) is 5.09. The quantitative estimate of drug-likeness (QED) is 0.899. The van der Waals surface area contributed by atoms with Gasteiger partial charge in [-0.15, -0.1) is 0 Å². The molecule has 2 amide bonds. The Labute approximate surface area is 125 Å². The maximum Gasteiger partial charge on any atom is 0.243 e. The van der Waals surface area contributed by atoms with Crippen molar-refractivity contribution in [1.82, 2.24) is 10.3 Å². The zero-order valence-corrected chi connectivity index (χ0v) is 12.5. The largest absolute Gasteiger partial charge is 0.354 e. The van der Waals surface area contributed by atoms with E-state index in [9.17, 15) is 9.59 Å². The van der Waals surface area contributed by atoms with Crippen LogP contribution in [0.2, 0.25) is 0 Å². The zero-order chi connectivity index (χ0) is 15.2. The van der Waals surface area contributed by atoms with Crippen LogP contribution in [0.15, 0.2) is 35.4 Å². The van der Waals surface area contributed by atoms with E-state index in [1.54, 1.807) is 0 Å². The Morgan fingerprint density at radius 1 is 1.24 bits per heavy atom. The van der Waals surface area contributed by atoms with Gasteiger partial charge in [0.25, 0.3) is 0 Å². The number of benzene rings is 1. The van der Waals surface area contributed by atoms with Crippen molar-refractivity contribution in [3.05, 3.63) is 35.9 Å².